The molecule has 0 spiro atoms. The number of amides is 1. The number of aryl methyl sites for hydroxylation is 1. The van der Waals surface area contributed by atoms with Crippen LogP contribution in [0.1, 0.15) is 34.3 Å². The van der Waals surface area contributed by atoms with Crippen LogP contribution in [0.5, 0.6) is 0 Å². The van der Waals surface area contributed by atoms with Crippen molar-refractivity contribution in [1.82, 2.24) is 5.32 Å². The molecule has 0 atom stereocenters. The van der Waals surface area contributed by atoms with Gasteiger partial charge in [0.25, 0.3) is 0 Å². The SMILES string of the molecule is Cc1cc(C(N)=O)ccc1CNC1CCSCC1. The van der Waals surface area contributed by atoms with Crippen molar-refractivity contribution in [1.29, 1.82) is 0 Å². The number of carbonyl (C=O) groups is 1. The molecule has 1 aliphatic heterocycles. The Morgan fingerprint density at radius 2 is 2.17 bits per heavy atom. The van der Waals surface area contributed by atoms with Crippen molar-refractivity contribution in [2.24, 2.45) is 5.73 Å². The highest BCUT2D eigenvalue weighted by Crippen LogP contribution is 2.18. The standard InChI is InChI=1S/C14H20N2OS/c1-10-8-11(14(15)17)2-3-12(10)9-16-13-4-6-18-7-5-13/h2-3,8,13,16H,4-7,9H2,1H3,(H2,15,17). The summed E-state index contributed by atoms with van der Waals surface area (Å²) in [6.45, 7) is 2.90. The van der Waals surface area contributed by atoms with E-state index in [1.165, 1.54) is 29.9 Å². The van der Waals surface area contributed by atoms with Crippen LogP contribution in [0.4, 0.5) is 0 Å². The Kier molecular flexibility index (Phi) is 4.66. The maximum atomic E-state index is 11.1. The Labute approximate surface area is 113 Å². The summed E-state index contributed by atoms with van der Waals surface area (Å²) < 4.78 is 0. The van der Waals surface area contributed by atoms with Crippen molar-refractivity contribution < 1.29 is 4.79 Å². The first-order chi connectivity index (χ1) is 8.66. The molecule has 1 aromatic carbocycles. The third kappa shape index (κ3) is 3.50. The molecule has 0 aromatic heterocycles. The zero-order valence-electron chi connectivity index (χ0n) is 10.7. The van der Waals surface area contributed by atoms with Gasteiger partial charge in [-0.25, -0.2) is 0 Å². The lowest BCUT2D eigenvalue weighted by molar-refractivity contribution is 0.1000. The van der Waals surface area contributed by atoms with E-state index in [4.69, 9.17) is 5.73 Å². The van der Waals surface area contributed by atoms with Crippen LogP contribution in [0, 0.1) is 6.92 Å². The van der Waals surface area contributed by atoms with Crippen molar-refractivity contribution in [2.45, 2.75) is 32.4 Å². The number of nitrogens with one attached hydrogen (secondary N) is 1. The van der Waals surface area contributed by atoms with Crippen molar-refractivity contribution in [3.05, 3.63) is 34.9 Å². The molecule has 1 saturated heterocycles. The van der Waals surface area contributed by atoms with E-state index in [-0.39, 0.29) is 5.91 Å². The molecule has 0 bridgehead atoms. The van der Waals surface area contributed by atoms with Crippen LogP contribution in [0.3, 0.4) is 0 Å². The second-order valence-corrected chi connectivity index (χ2v) is 6.00. The van der Waals surface area contributed by atoms with Gasteiger partial charge in [0.2, 0.25) is 5.91 Å². The van der Waals surface area contributed by atoms with E-state index in [0.717, 1.165) is 12.1 Å². The van der Waals surface area contributed by atoms with E-state index in [2.05, 4.69) is 5.32 Å². The van der Waals surface area contributed by atoms with Crippen LogP contribution in [0.25, 0.3) is 0 Å². The quantitative estimate of drug-likeness (QED) is 0.875. The van der Waals surface area contributed by atoms with Gasteiger partial charge in [-0.2, -0.15) is 11.8 Å². The Hall–Kier alpha value is -1.000. The minimum absolute atomic E-state index is 0.359. The maximum absolute atomic E-state index is 11.1. The van der Waals surface area contributed by atoms with Crippen LogP contribution < -0.4 is 11.1 Å². The second-order valence-electron chi connectivity index (χ2n) is 4.77. The lowest BCUT2D eigenvalue weighted by Gasteiger charge is -2.23. The van der Waals surface area contributed by atoms with Gasteiger partial charge in [-0.05, 0) is 54.5 Å². The summed E-state index contributed by atoms with van der Waals surface area (Å²) in [7, 11) is 0. The van der Waals surface area contributed by atoms with Crippen molar-refractivity contribution >= 4 is 17.7 Å². The van der Waals surface area contributed by atoms with Gasteiger partial charge in [-0.15, -0.1) is 0 Å². The molecule has 0 unspecified atom stereocenters. The number of primary amides is 1. The molecule has 1 heterocycles. The van der Waals surface area contributed by atoms with E-state index in [0.29, 0.717) is 11.6 Å². The van der Waals surface area contributed by atoms with E-state index in [1.54, 1.807) is 0 Å². The van der Waals surface area contributed by atoms with Gasteiger partial charge in [0.05, 0.1) is 0 Å². The lowest BCUT2D eigenvalue weighted by atomic mass is 10.0. The van der Waals surface area contributed by atoms with Crippen LogP contribution in [0.2, 0.25) is 0 Å². The lowest BCUT2D eigenvalue weighted by Crippen LogP contribution is -2.32. The molecule has 1 aromatic rings. The number of thioether (sulfide) groups is 1. The van der Waals surface area contributed by atoms with Crippen LogP contribution >= 0.6 is 11.8 Å². The summed E-state index contributed by atoms with van der Waals surface area (Å²) in [4.78, 5) is 11.1. The predicted octanol–water partition coefficient (Wildman–Crippen LogP) is 2.08. The fourth-order valence-electron chi connectivity index (χ4n) is 2.20. The van der Waals surface area contributed by atoms with Crippen LogP contribution in [0.15, 0.2) is 18.2 Å². The van der Waals surface area contributed by atoms with Crippen molar-refractivity contribution in [2.75, 3.05) is 11.5 Å². The van der Waals surface area contributed by atoms with E-state index >= 15 is 0 Å². The van der Waals surface area contributed by atoms with Crippen LogP contribution in [-0.2, 0) is 6.54 Å². The highest BCUT2D eigenvalue weighted by atomic mass is 32.2. The highest BCUT2D eigenvalue weighted by Gasteiger charge is 2.13. The largest absolute Gasteiger partial charge is 0.366 e. The Bertz CT molecular complexity index is 428. The summed E-state index contributed by atoms with van der Waals surface area (Å²) >= 11 is 2.04. The number of nitrogens with two attached hydrogens (primary N) is 1. The fourth-order valence-corrected chi connectivity index (χ4v) is 3.31. The van der Waals surface area contributed by atoms with E-state index in [9.17, 15) is 4.79 Å². The third-order valence-corrected chi connectivity index (χ3v) is 4.48. The number of benzene rings is 1. The molecule has 0 radical (unpaired) electrons. The Morgan fingerprint density at radius 3 is 2.78 bits per heavy atom. The maximum Gasteiger partial charge on any atom is 0.248 e. The van der Waals surface area contributed by atoms with Gasteiger partial charge < -0.3 is 11.1 Å². The molecule has 1 aliphatic rings. The van der Waals surface area contributed by atoms with Gasteiger partial charge in [-0.1, -0.05) is 6.07 Å². The van der Waals surface area contributed by atoms with Gasteiger partial charge in [0.1, 0.15) is 0 Å². The number of hydrogen-bond acceptors (Lipinski definition) is 3. The fraction of sp³-hybridized carbons (Fsp3) is 0.500. The van der Waals surface area contributed by atoms with Gasteiger partial charge >= 0.3 is 0 Å². The molecule has 4 heteroatoms. The first kappa shape index (κ1) is 13.4. The number of rotatable bonds is 4. The molecule has 1 fully saturated rings. The minimum Gasteiger partial charge on any atom is -0.366 e. The van der Waals surface area contributed by atoms with E-state index < -0.39 is 0 Å². The molecule has 0 aliphatic carbocycles. The molecular weight excluding hydrogens is 244 g/mol. The molecule has 98 valence electrons. The zero-order chi connectivity index (χ0) is 13.0. The molecule has 3 N–H and O–H groups in total. The van der Waals surface area contributed by atoms with Gasteiger partial charge in [0, 0.05) is 18.2 Å². The molecule has 0 saturated carbocycles. The van der Waals surface area contributed by atoms with Crippen molar-refractivity contribution in [3.63, 3.8) is 0 Å². The molecule has 3 nitrogen and oxygen atoms in total. The Balaban J connectivity index is 1.94. The van der Waals surface area contributed by atoms with E-state index in [1.807, 2.05) is 36.9 Å². The third-order valence-electron chi connectivity index (χ3n) is 3.43. The smallest absolute Gasteiger partial charge is 0.248 e. The highest BCUT2D eigenvalue weighted by molar-refractivity contribution is 7.99. The average molecular weight is 264 g/mol. The number of carbonyl (C=O) groups excluding carboxylic acids is 1. The first-order valence-electron chi connectivity index (χ1n) is 6.37. The predicted molar refractivity (Wildman–Crippen MR) is 76.9 cm³/mol. The molecular formula is C14H20N2OS. The molecule has 18 heavy (non-hydrogen) atoms. The summed E-state index contributed by atoms with van der Waals surface area (Å²) in [5, 5.41) is 3.60. The summed E-state index contributed by atoms with van der Waals surface area (Å²) in [6.07, 6.45) is 2.51. The molecule has 1 amide bonds. The zero-order valence-corrected chi connectivity index (χ0v) is 11.6. The van der Waals surface area contributed by atoms with Gasteiger partial charge in [0.15, 0.2) is 0 Å². The van der Waals surface area contributed by atoms with Gasteiger partial charge in [-0.3, -0.25) is 4.79 Å². The average Bonchev–Trinajstić information content (AvgIpc) is 2.38. The Morgan fingerprint density at radius 1 is 1.44 bits per heavy atom. The summed E-state index contributed by atoms with van der Waals surface area (Å²) in [5.74, 6) is 2.16. The second kappa shape index (κ2) is 6.25. The van der Waals surface area contributed by atoms with Crippen LogP contribution in [-0.4, -0.2) is 23.5 Å². The minimum atomic E-state index is -0.359. The topological polar surface area (TPSA) is 55.1 Å². The van der Waals surface area contributed by atoms with Crippen molar-refractivity contribution in [3.8, 4) is 0 Å². The summed E-state index contributed by atoms with van der Waals surface area (Å²) in [5.41, 5.74) is 8.23. The first-order valence-corrected chi connectivity index (χ1v) is 7.53. The monoisotopic (exact) mass is 264 g/mol. The number of hydrogen-bond donors (Lipinski definition) is 2. The molecule has 2 rings (SSSR count). The normalized spacial score (nSPS) is 16.7. The summed E-state index contributed by atoms with van der Waals surface area (Å²) in [6, 6.07) is 6.32.